The fourth-order valence-corrected chi connectivity index (χ4v) is 4.06. The van der Waals surface area contributed by atoms with Gasteiger partial charge in [-0.15, -0.1) is 0 Å². The van der Waals surface area contributed by atoms with Crippen LogP contribution >= 0.6 is 0 Å². The number of carbonyl (C=O) groups is 1. The van der Waals surface area contributed by atoms with E-state index in [1.165, 1.54) is 12.4 Å². The first-order chi connectivity index (χ1) is 13.5. The van der Waals surface area contributed by atoms with E-state index in [1.807, 2.05) is 0 Å². The number of aryl methyl sites for hydroxylation is 1. The molecule has 8 heteroatoms. The lowest BCUT2D eigenvalue weighted by Gasteiger charge is -2.47. The number of morpholine rings is 1. The lowest BCUT2D eigenvalue weighted by Crippen LogP contribution is -2.58. The Morgan fingerprint density at radius 2 is 2.04 bits per heavy atom. The number of anilines is 2. The van der Waals surface area contributed by atoms with Crippen molar-refractivity contribution >= 4 is 17.5 Å². The Morgan fingerprint density at radius 3 is 2.75 bits per heavy atom. The molecular weight excluding hydrogens is 361 g/mol. The van der Waals surface area contributed by atoms with Gasteiger partial charge in [-0.1, -0.05) is 12.1 Å². The number of piperidine rings is 1. The van der Waals surface area contributed by atoms with Crippen LogP contribution in [0, 0.1) is 12.7 Å². The second-order valence-electron chi connectivity index (χ2n) is 7.48. The van der Waals surface area contributed by atoms with Gasteiger partial charge in [0.2, 0.25) is 0 Å². The number of nitrogens with two attached hydrogens (primary N) is 1. The molecule has 3 heterocycles. The fourth-order valence-electron chi connectivity index (χ4n) is 4.06. The summed E-state index contributed by atoms with van der Waals surface area (Å²) >= 11 is 0. The molecule has 7 nitrogen and oxygen atoms in total. The van der Waals surface area contributed by atoms with Crippen LogP contribution in [0.4, 0.5) is 16.0 Å². The molecule has 2 aliphatic rings. The molecule has 2 saturated heterocycles. The highest BCUT2D eigenvalue weighted by atomic mass is 19.1. The number of rotatable bonds is 2. The quantitative estimate of drug-likeness (QED) is 0.851. The SMILES string of the molecule is Cc1cccc(F)c1C(=O)N1CCOC2(CCN(c3cc(N)ncn3)CC2)C1. The monoisotopic (exact) mass is 385 g/mol. The molecule has 28 heavy (non-hydrogen) atoms. The molecule has 2 N–H and O–H groups in total. The van der Waals surface area contributed by atoms with Gasteiger partial charge in [-0.3, -0.25) is 4.79 Å². The van der Waals surface area contributed by atoms with Crippen molar-refractivity contribution in [2.75, 3.05) is 43.4 Å². The van der Waals surface area contributed by atoms with Gasteiger partial charge >= 0.3 is 0 Å². The summed E-state index contributed by atoms with van der Waals surface area (Å²) < 4.78 is 20.4. The number of nitrogen functional groups attached to an aromatic ring is 1. The number of ether oxygens (including phenoxy) is 1. The molecule has 0 bridgehead atoms. The summed E-state index contributed by atoms with van der Waals surface area (Å²) in [7, 11) is 0. The summed E-state index contributed by atoms with van der Waals surface area (Å²) in [6.07, 6.45) is 2.98. The molecule has 1 spiro atoms. The van der Waals surface area contributed by atoms with Gasteiger partial charge in [0, 0.05) is 25.7 Å². The zero-order chi connectivity index (χ0) is 19.7. The molecule has 0 atom stereocenters. The molecule has 1 aromatic heterocycles. The third-order valence-corrected chi connectivity index (χ3v) is 5.64. The van der Waals surface area contributed by atoms with Crippen molar-refractivity contribution in [1.82, 2.24) is 14.9 Å². The van der Waals surface area contributed by atoms with Crippen LogP contribution in [0.25, 0.3) is 0 Å². The highest BCUT2D eigenvalue weighted by molar-refractivity contribution is 5.96. The van der Waals surface area contributed by atoms with Crippen LogP contribution < -0.4 is 10.6 Å². The predicted octanol–water partition coefficient (Wildman–Crippen LogP) is 2.02. The molecule has 0 saturated carbocycles. The zero-order valence-corrected chi connectivity index (χ0v) is 15.9. The van der Waals surface area contributed by atoms with E-state index in [0.717, 1.165) is 31.7 Å². The number of carbonyl (C=O) groups excluding carboxylic acids is 1. The first-order valence-electron chi connectivity index (χ1n) is 9.48. The van der Waals surface area contributed by atoms with Gasteiger partial charge in [0.15, 0.2) is 0 Å². The molecular formula is C20H24FN5O2. The Hall–Kier alpha value is -2.74. The maximum Gasteiger partial charge on any atom is 0.257 e. The number of hydrogen-bond donors (Lipinski definition) is 1. The Labute approximate surface area is 163 Å². The minimum atomic E-state index is -0.471. The van der Waals surface area contributed by atoms with E-state index in [4.69, 9.17) is 10.5 Å². The van der Waals surface area contributed by atoms with Gasteiger partial charge < -0.3 is 20.3 Å². The van der Waals surface area contributed by atoms with Crippen molar-refractivity contribution in [3.63, 3.8) is 0 Å². The summed E-state index contributed by atoms with van der Waals surface area (Å²) in [6, 6.07) is 6.48. The number of benzene rings is 1. The van der Waals surface area contributed by atoms with Gasteiger partial charge in [-0.25, -0.2) is 14.4 Å². The largest absolute Gasteiger partial charge is 0.384 e. The van der Waals surface area contributed by atoms with Crippen molar-refractivity contribution in [1.29, 1.82) is 0 Å². The standard InChI is InChI=1S/C20H24FN5O2/c1-14-3-2-4-15(21)18(14)19(27)26-9-10-28-20(12-26)5-7-25(8-6-20)17-11-16(22)23-13-24-17/h2-4,11,13H,5-10,12H2,1H3,(H2,22,23,24). The predicted molar refractivity (Wildman–Crippen MR) is 104 cm³/mol. The van der Waals surface area contributed by atoms with Crippen LogP contribution in [0.15, 0.2) is 30.6 Å². The highest BCUT2D eigenvalue weighted by Gasteiger charge is 2.41. The number of aromatic nitrogens is 2. The summed E-state index contributed by atoms with van der Waals surface area (Å²) in [5.74, 6) is 0.510. The number of hydrogen-bond acceptors (Lipinski definition) is 6. The molecule has 0 radical (unpaired) electrons. The van der Waals surface area contributed by atoms with E-state index in [-0.39, 0.29) is 11.5 Å². The molecule has 148 valence electrons. The van der Waals surface area contributed by atoms with Gasteiger partial charge in [0.05, 0.1) is 24.3 Å². The lowest BCUT2D eigenvalue weighted by atomic mass is 9.89. The van der Waals surface area contributed by atoms with Gasteiger partial charge in [-0.05, 0) is 31.4 Å². The number of nitrogens with zero attached hydrogens (tertiary/aromatic N) is 4. The Kier molecular flexibility index (Phi) is 4.89. The average molecular weight is 385 g/mol. The summed E-state index contributed by atoms with van der Waals surface area (Å²) in [5.41, 5.74) is 6.17. The molecule has 1 aromatic carbocycles. The van der Waals surface area contributed by atoms with Crippen molar-refractivity contribution < 1.29 is 13.9 Å². The molecule has 2 aromatic rings. The molecule has 4 rings (SSSR count). The minimum absolute atomic E-state index is 0.161. The van der Waals surface area contributed by atoms with Crippen molar-refractivity contribution in [2.24, 2.45) is 0 Å². The minimum Gasteiger partial charge on any atom is -0.384 e. The molecule has 2 aliphatic heterocycles. The van der Waals surface area contributed by atoms with Gasteiger partial charge in [0.1, 0.15) is 23.8 Å². The Balaban J connectivity index is 1.46. The van der Waals surface area contributed by atoms with Crippen LogP contribution in [-0.4, -0.2) is 59.2 Å². The zero-order valence-electron chi connectivity index (χ0n) is 15.9. The lowest BCUT2D eigenvalue weighted by molar-refractivity contribution is -0.111. The number of halogens is 1. The molecule has 0 unspecified atom stereocenters. The Bertz CT molecular complexity index is 862. The summed E-state index contributed by atoms with van der Waals surface area (Å²) in [5, 5.41) is 0. The van der Waals surface area contributed by atoms with Crippen molar-refractivity contribution in [3.8, 4) is 0 Å². The van der Waals surface area contributed by atoms with E-state index < -0.39 is 11.4 Å². The average Bonchev–Trinajstić information content (AvgIpc) is 2.68. The van der Waals surface area contributed by atoms with Crippen molar-refractivity contribution in [3.05, 3.63) is 47.5 Å². The van der Waals surface area contributed by atoms with Gasteiger partial charge in [0.25, 0.3) is 5.91 Å². The Morgan fingerprint density at radius 1 is 1.25 bits per heavy atom. The van der Waals surface area contributed by atoms with Crippen LogP contribution in [0.1, 0.15) is 28.8 Å². The van der Waals surface area contributed by atoms with E-state index in [9.17, 15) is 9.18 Å². The maximum atomic E-state index is 14.3. The second kappa shape index (κ2) is 7.35. The van der Waals surface area contributed by atoms with E-state index >= 15 is 0 Å². The molecule has 0 aliphatic carbocycles. The smallest absolute Gasteiger partial charge is 0.257 e. The topological polar surface area (TPSA) is 84.6 Å². The second-order valence-corrected chi connectivity index (χ2v) is 7.48. The normalized spacial score (nSPS) is 19.1. The van der Waals surface area contributed by atoms with Crippen LogP contribution in [-0.2, 0) is 4.74 Å². The molecule has 2 fully saturated rings. The third kappa shape index (κ3) is 3.52. The fraction of sp³-hybridized carbons (Fsp3) is 0.450. The van der Waals surface area contributed by atoms with Crippen LogP contribution in [0.3, 0.4) is 0 Å². The first kappa shape index (κ1) is 18.6. The maximum absolute atomic E-state index is 14.3. The third-order valence-electron chi connectivity index (χ3n) is 5.64. The van der Waals surface area contributed by atoms with E-state index in [1.54, 1.807) is 30.0 Å². The van der Waals surface area contributed by atoms with E-state index in [2.05, 4.69) is 14.9 Å². The summed E-state index contributed by atoms with van der Waals surface area (Å²) in [4.78, 5) is 25.1. The first-order valence-corrected chi connectivity index (χ1v) is 9.48. The molecule has 1 amide bonds. The van der Waals surface area contributed by atoms with Crippen LogP contribution in [0.2, 0.25) is 0 Å². The van der Waals surface area contributed by atoms with Crippen LogP contribution in [0.5, 0.6) is 0 Å². The highest BCUT2D eigenvalue weighted by Crippen LogP contribution is 2.32. The van der Waals surface area contributed by atoms with Crippen molar-refractivity contribution in [2.45, 2.75) is 25.4 Å². The number of amides is 1. The summed E-state index contributed by atoms with van der Waals surface area (Å²) in [6.45, 7) is 4.66. The van der Waals surface area contributed by atoms with E-state index in [0.29, 0.717) is 31.1 Å². The van der Waals surface area contributed by atoms with Gasteiger partial charge in [-0.2, -0.15) is 0 Å².